The van der Waals surface area contributed by atoms with Gasteiger partial charge in [0.15, 0.2) is 16.9 Å². The van der Waals surface area contributed by atoms with E-state index in [1.807, 2.05) is 0 Å². The van der Waals surface area contributed by atoms with Crippen LogP contribution in [0.1, 0.15) is 80.4 Å². The molecule has 7 rings (SSSR count). The second-order valence-corrected chi connectivity index (χ2v) is 13.5. The lowest BCUT2D eigenvalue weighted by atomic mass is 9.72. The van der Waals surface area contributed by atoms with Crippen molar-refractivity contribution in [2.75, 3.05) is 26.4 Å². The first-order chi connectivity index (χ1) is 22.2. The van der Waals surface area contributed by atoms with Gasteiger partial charge < -0.3 is 54.2 Å². The molecule has 0 unspecified atom stereocenters. The third-order valence-corrected chi connectivity index (χ3v) is 10.8. The first-order valence-electron chi connectivity index (χ1n) is 16.5. The maximum absolute atomic E-state index is 13.3. The van der Waals surface area contributed by atoms with Crippen LogP contribution in [0.3, 0.4) is 0 Å². The molecule has 3 fully saturated rings. The fourth-order valence-corrected chi connectivity index (χ4v) is 8.50. The Morgan fingerprint density at radius 2 is 1.89 bits per heavy atom. The summed E-state index contributed by atoms with van der Waals surface area (Å²) in [6.07, 6.45) is -0.613. The van der Waals surface area contributed by atoms with E-state index in [2.05, 4.69) is 5.32 Å². The standard InChI is InChI=1S/C33H43NO12/c1-2-42-31(40)16-9-15-10-18-20(12-34-30(18)39)21-14-43-27-24(21)23(15)19(11-16)26(28(27)44-17-5-3-4-6-17)46-32-33(41,7-8-35)29(38)25(37)22(13-36)45-32/h14-18,20,22,25,29,32,35-38,41H,2-13H2,1H3,(H,34,39)/t15-,16-,18+,20-,22+,25+,29-,32-,33+/m0/s1. The third kappa shape index (κ3) is 4.98. The van der Waals surface area contributed by atoms with Gasteiger partial charge in [0.1, 0.15) is 18.3 Å². The molecule has 0 spiro atoms. The summed E-state index contributed by atoms with van der Waals surface area (Å²) in [6.45, 7) is 1.18. The number of amides is 1. The number of esters is 1. The van der Waals surface area contributed by atoms with E-state index < -0.39 is 55.8 Å². The monoisotopic (exact) mass is 645 g/mol. The fraction of sp³-hybridized carbons (Fsp3) is 0.697. The van der Waals surface area contributed by atoms with E-state index in [1.54, 1.807) is 13.2 Å². The van der Waals surface area contributed by atoms with Crippen molar-refractivity contribution in [3.05, 3.63) is 23.0 Å². The first-order valence-corrected chi connectivity index (χ1v) is 16.5. The van der Waals surface area contributed by atoms with Gasteiger partial charge >= 0.3 is 5.97 Å². The van der Waals surface area contributed by atoms with E-state index in [4.69, 9.17) is 23.4 Å². The fourth-order valence-electron chi connectivity index (χ4n) is 8.50. The van der Waals surface area contributed by atoms with E-state index >= 15 is 0 Å². The SMILES string of the molecule is CCOC(=O)[C@@H]1Cc2c(O[C@@H]3O[C@H](CO)[C@@H](O)[C@H](O)[C@]3(O)CCO)c(OC3CCCC3)c3occ4c3c2[C@@H](C1)C[C@H]1C(=O)NC[C@H]41. The van der Waals surface area contributed by atoms with E-state index in [-0.39, 0.29) is 60.3 Å². The molecule has 2 aliphatic heterocycles. The topological polar surface area (TPSA) is 197 Å². The minimum absolute atomic E-state index is 0.0434. The molecule has 9 atom stereocenters. The van der Waals surface area contributed by atoms with Gasteiger partial charge in [-0.15, -0.1) is 0 Å². The normalized spacial score (nSPS) is 35.5. The van der Waals surface area contributed by atoms with Crippen molar-refractivity contribution in [3.8, 4) is 11.5 Å². The first kappa shape index (κ1) is 31.6. The molecule has 2 aromatic rings. The highest BCUT2D eigenvalue weighted by Gasteiger charge is 2.57. The molecular weight excluding hydrogens is 602 g/mol. The third-order valence-electron chi connectivity index (χ3n) is 10.8. The summed E-state index contributed by atoms with van der Waals surface area (Å²) < 4.78 is 30.9. The molecule has 13 heteroatoms. The number of aliphatic hydroxyl groups is 5. The van der Waals surface area contributed by atoms with Gasteiger partial charge in [0.25, 0.3) is 0 Å². The van der Waals surface area contributed by atoms with Crippen molar-refractivity contribution in [3.63, 3.8) is 0 Å². The molecule has 1 amide bonds. The number of benzene rings is 1. The second kappa shape index (κ2) is 12.3. The van der Waals surface area contributed by atoms with E-state index in [0.29, 0.717) is 30.5 Å². The highest BCUT2D eigenvalue weighted by molar-refractivity contribution is 5.97. The van der Waals surface area contributed by atoms with Crippen molar-refractivity contribution in [1.29, 1.82) is 0 Å². The highest BCUT2D eigenvalue weighted by atomic mass is 16.7. The zero-order chi connectivity index (χ0) is 32.3. The summed E-state index contributed by atoms with van der Waals surface area (Å²) in [5, 5.41) is 57.0. The second-order valence-electron chi connectivity index (χ2n) is 13.5. The molecule has 1 saturated carbocycles. The molecule has 13 nitrogen and oxygen atoms in total. The predicted molar refractivity (Wildman–Crippen MR) is 159 cm³/mol. The quantitative estimate of drug-likeness (QED) is 0.213. The zero-order valence-corrected chi connectivity index (χ0v) is 25.9. The average Bonchev–Trinajstić information content (AvgIpc) is 3.78. The lowest BCUT2D eigenvalue weighted by Gasteiger charge is -2.47. The zero-order valence-electron chi connectivity index (χ0n) is 25.9. The number of carbonyl (C=O) groups excluding carboxylic acids is 2. The molecule has 6 N–H and O–H groups in total. The molecule has 3 aliphatic carbocycles. The van der Waals surface area contributed by atoms with Crippen LogP contribution in [0.25, 0.3) is 11.0 Å². The van der Waals surface area contributed by atoms with Crippen molar-refractivity contribution < 1.29 is 58.5 Å². The van der Waals surface area contributed by atoms with Gasteiger partial charge in [-0.25, -0.2) is 0 Å². The van der Waals surface area contributed by atoms with Crippen LogP contribution in [-0.2, 0) is 25.5 Å². The molecule has 252 valence electrons. The Hall–Kier alpha value is -2.94. The molecule has 46 heavy (non-hydrogen) atoms. The number of hydrogen-bond donors (Lipinski definition) is 6. The van der Waals surface area contributed by atoms with Gasteiger partial charge in [0, 0.05) is 47.9 Å². The van der Waals surface area contributed by atoms with Crippen LogP contribution in [0.5, 0.6) is 11.5 Å². The van der Waals surface area contributed by atoms with E-state index in [0.717, 1.165) is 42.2 Å². The minimum Gasteiger partial charge on any atom is -0.483 e. The van der Waals surface area contributed by atoms with Crippen LogP contribution in [0.2, 0.25) is 0 Å². The Morgan fingerprint density at radius 3 is 2.61 bits per heavy atom. The van der Waals surface area contributed by atoms with Crippen molar-refractivity contribution >= 4 is 22.8 Å². The van der Waals surface area contributed by atoms with Crippen molar-refractivity contribution in [2.45, 2.75) is 106 Å². The molecular formula is C33H43NO12. The Labute approximate surface area is 265 Å². The summed E-state index contributed by atoms with van der Waals surface area (Å²) in [7, 11) is 0. The number of rotatable bonds is 9. The maximum Gasteiger partial charge on any atom is 0.309 e. The molecule has 0 radical (unpaired) electrons. The number of carbonyl (C=O) groups is 2. The van der Waals surface area contributed by atoms with Gasteiger partial charge in [-0.2, -0.15) is 0 Å². The number of furan rings is 1. The van der Waals surface area contributed by atoms with Crippen LogP contribution in [0.4, 0.5) is 0 Å². The lowest BCUT2D eigenvalue weighted by molar-refractivity contribution is -0.323. The molecule has 1 aromatic heterocycles. The van der Waals surface area contributed by atoms with Crippen LogP contribution in [0.15, 0.2) is 10.7 Å². The van der Waals surface area contributed by atoms with E-state index in [1.165, 1.54) is 0 Å². The molecule has 2 saturated heterocycles. The minimum atomic E-state index is -2.28. The smallest absolute Gasteiger partial charge is 0.309 e. The largest absolute Gasteiger partial charge is 0.483 e. The van der Waals surface area contributed by atoms with Gasteiger partial charge in [-0.1, -0.05) is 0 Å². The Bertz CT molecular complexity index is 1480. The summed E-state index contributed by atoms with van der Waals surface area (Å²) >= 11 is 0. The van der Waals surface area contributed by atoms with Gasteiger partial charge in [0.2, 0.25) is 17.9 Å². The maximum atomic E-state index is 13.3. The Morgan fingerprint density at radius 1 is 1.11 bits per heavy atom. The Kier molecular flexibility index (Phi) is 8.43. The van der Waals surface area contributed by atoms with Crippen LogP contribution in [0, 0.1) is 11.8 Å². The molecule has 3 heterocycles. The molecule has 5 aliphatic rings. The van der Waals surface area contributed by atoms with Crippen LogP contribution < -0.4 is 14.8 Å². The van der Waals surface area contributed by atoms with Gasteiger partial charge in [-0.05, 0) is 63.4 Å². The summed E-state index contributed by atoms with van der Waals surface area (Å²) in [4.78, 5) is 26.4. The number of hydrogen-bond acceptors (Lipinski definition) is 12. The number of aliphatic hydroxyl groups excluding tert-OH is 4. The van der Waals surface area contributed by atoms with Crippen LogP contribution in [-0.4, -0.2) is 100 Å². The highest BCUT2D eigenvalue weighted by Crippen LogP contribution is 2.57. The summed E-state index contributed by atoms with van der Waals surface area (Å²) in [5.41, 5.74) is 0.554. The van der Waals surface area contributed by atoms with Gasteiger partial charge in [0.05, 0.1) is 31.5 Å². The Balaban J connectivity index is 1.44. The van der Waals surface area contributed by atoms with Crippen molar-refractivity contribution in [2.24, 2.45) is 11.8 Å². The van der Waals surface area contributed by atoms with E-state index in [9.17, 15) is 35.1 Å². The van der Waals surface area contributed by atoms with Crippen LogP contribution >= 0.6 is 0 Å². The number of nitrogens with one attached hydrogen (secondary N) is 1. The number of ether oxygens (including phenoxy) is 4. The lowest BCUT2D eigenvalue weighted by Crippen LogP contribution is -2.68. The molecule has 0 bridgehead atoms. The predicted octanol–water partition coefficient (Wildman–Crippen LogP) is 1.13. The number of fused-ring (bicyclic) bond motifs is 2. The average molecular weight is 646 g/mol. The van der Waals surface area contributed by atoms with Crippen molar-refractivity contribution in [1.82, 2.24) is 5.32 Å². The molecule has 1 aromatic carbocycles. The van der Waals surface area contributed by atoms with Gasteiger partial charge in [-0.3, -0.25) is 9.59 Å². The summed E-state index contributed by atoms with van der Waals surface area (Å²) in [6, 6.07) is 0. The summed E-state index contributed by atoms with van der Waals surface area (Å²) in [5.74, 6) is -1.24.